The number of ether oxygens (including phenoxy) is 4. The van der Waals surface area contributed by atoms with Crippen LogP contribution in [0.3, 0.4) is 0 Å². The Labute approximate surface area is 473 Å². The second kappa shape index (κ2) is 25.1. The largest absolute Gasteiger partial charge is 0.573 e. The van der Waals surface area contributed by atoms with Gasteiger partial charge in [0.2, 0.25) is 0 Å². The lowest BCUT2D eigenvalue weighted by molar-refractivity contribution is -0.275. The Morgan fingerprint density at radius 3 is 1.28 bits per heavy atom. The van der Waals surface area contributed by atoms with E-state index in [0.717, 1.165) is 48.4 Å². The molecule has 0 spiro atoms. The SMILES string of the molecule is Cn1c(=O)n(CCN)c(=O)c2c1nc(Oc1cccc(OC(F)(F)F)c1)n2Cc1ccc(Cl)cc1.Cn1c(=O)n(CCN2C(=O)c3ccccc3C2=O)c(=O)c2c1nc(Oc1cccc(OC(F)(F)F)c1)n2Cc1ccc(Cl)cc1.N=N.O.[HH]. The third-order valence-corrected chi connectivity index (χ3v) is 12.7. The first-order chi connectivity index (χ1) is 39.0. The number of aromatic nitrogens is 8. The van der Waals surface area contributed by atoms with Gasteiger partial charge in [0, 0.05) is 63.9 Å². The molecule has 1 aliphatic rings. The number of nitrogens with zero attached hydrogens (tertiary/aromatic N) is 9. The highest BCUT2D eigenvalue weighted by molar-refractivity contribution is 6.30. The maximum atomic E-state index is 13.9. The Balaban J connectivity index is 0.000000263. The average Bonchev–Trinajstić information content (AvgIpc) is 1.80. The number of fused-ring (bicyclic) bond motifs is 3. The molecule has 9 aromatic rings. The fourth-order valence-corrected chi connectivity index (χ4v) is 8.80. The van der Waals surface area contributed by atoms with Gasteiger partial charge in [-0.05, 0) is 71.8 Å². The molecule has 436 valence electrons. The van der Waals surface area contributed by atoms with Crippen molar-refractivity contribution >= 4 is 57.3 Å². The molecule has 0 aliphatic carbocycles. The zero-order valence-corrected chi connectivity index (χ0v) is 44.5. The molecule has 6 N–H and O–H groups in total. The van der Waals surface area contributed by atoms with Gasteiger partial charge in [0.1, 0.15) is 23.0 Å². The fraction of sp³-hybridized carbons (Fsp3) is 0.192. The van der Waals surface area contributed by atoms with Crippen molar-refractivity contribution in [3.8, 4) is 35.0 Å². The van der Waals surface area contributed by atoms with E-state index < -0.39 is 58.5 Å². The van der Waals surface area contributed by atoms with Crippen molar-refractivity contribution in [2.24, 2.45) is 19.8 Å². The maximum Gasteiger partial charge on any atom is 0.573 e. The summed E-state index contributed by atoms with van der Waals surface area (Å²) < 4.78 is 103. The average molecular weight is 1200 g/mol. The van der Waals surface area contributed by atoms with Gasteiger partial charge in [-0.2, -0.15) is 9.97 Å². The summed E-state index contributed by atoms with van der Waals surface area (Å²) >= 11 is 12.0. The van der Waals surface area contributed by atoms with Crippen molar-refractivity contribution in [3.05, 3.63) is 195 Å². The Morgan fingerprint density at radius 1 is 0.530 bits per heavy atom. The second-order valence-electron chi connectivity index (χ2n) is 17.5. The molecule has 0 bridgehead atoms. The third-order valence-electron chi connectivity index (χ3n) is 12.2. The number of alkyl halides is 6. The molecule has 2 amide bonds. The van der Waals surface area contributed by atoms with Crippen molar-refractivity contribution < 1.29 is 61.8 Å². The van der Waals surface area contributed by atoms with Crippen LogP contribution in [0.2, 0.25) is 10.0 Å². The molecule has 10 rings (SSSR count). The van der Waals surface area contributed by atoms with Crippen molar-refractivity contribution in [1.29, 1.82) is 11.1 Å². The van der Waals surface area contributed by atoms with Crippen molar-refractivity contribution in [2.45, 2.75) is 38.9 Å². The van der Waals surface area contributed by atoms with E-state index in [9.17, 15) is 55.1 Å². The first kappa shape index (κ1) is 61.0. The smallest absolute Gasteiger partial charge is 0.425 e. The molecule has 0 unspecified atom stereocenters. The van der Waals surface area contributed by atoms with Gasteiger partial charge in [0.25, 0.3) is 22.9 Å². The number of carbonyl (C=O) groups excluding carboxylic acids is 2. The third kappa shape index (κ3) is 13.4. The summed E-state index contributed by atoms with van der Waals surface area (Å²) in [5.74, 6) is -2.22. The molecular formula is C52H46Cl2F6N12O11. The molecule has 5 aromatic carbocycles. The molecule has 0 saturated heterocycles. The predicted molar refractivity (Wildman–Crippen MR) is 288 cm³/mol. The van der Waals surface area contributed by atoms with E-state index in [0.29, 0.717) is 15.6 Å². The summed E-state index contributed by atoms with van der Waals surface area (Å²) in [5, 5.41) is 0.972. The van der Waals surface area contributed by atoms with E-state index >= 15 is 0 Å². The minimum absolute atomic E-state index is 0. The van der Waals surface area contributed by atoms with Gasteiger partial charge >= 0.3 is 36.1 Å². The number of nitrogens with one attached hydrogen (secondary N) is 2. The van der Waals surface area contributed by atoms with Crippen LogP contribution in [0.25, 0.3) is 22.3 Å². The molecule has 23 nitrogen and oxygen atoms in total. The Hall–Kier alpha value is -9.58. The zero-order valence-electron chi connectivity index (χ0n) is 43.0. The quantitative estimate of drug-likeness (QED) is 0.0501. The zero-order chi connectivity index (χ0) is 59.4. The number of amides is 2. The minimum Gasteiger partial charge on any atom is -0.425 e. The lowest BCUT2D eigenvalue weighted by Gasteiger charge is -2.15. The summed E-state index contributed by atoms with van der Waals surface area (Å²) in [4.78, 5) is 88.6. The number of benzene rings is 5. The molecule has 0 atom stereocenters. The highest BCUT2D eigenvalue weighted by Crippen LogP contribution is 2.33. The summed E-state index contributed by atoms with van der Waals surface area (Å²) in [7, 11) is 2.82. The topological polar surface area (TPSA) is 303 Å². The first-order valence-electron chi connectivity index (χ1n) is 23.8. The monoisotopic (exact) mass is 1200 g/mol. The number of nitrogens with two attached hydrogens (primary N) is 1. The molecule has 31 heteroatoms. The van der Waals surface area contributed by atoms with E-state index in [2.05, 4.69) is 19.4 Å². The van der Waals surface area contributed by atoms with Gasteiger partial charge in [-0.1, -0.05) is 71.7 Å². The molecule has 0 fully saturated rings. The van der Waals surface area contributed by atoms with Crippen LogP contribution in [0.15, 0.2) is 141 Å². The molecule has 83 heavy (non-hydrogen) atoms. The van der Waals surface area contributed by atoms with Crippen LogP contribution >= 0.6 is 23.2 Å². The van der Waals surface area contributed by atoms with Gasteiger partial charge in [-0.15, -0.1) is 26.3 Å². The van der Waals surface area contributed by atoms with Crippen LogP contribution < -0.4 is 47.2 Å². The number of hydrogen-bond acceptors (Lipinski definition) is 15. The minimum atomic E-state index is -4.93. The van der Waals surface area contributed by atoms with Gasteiger partial charge in [0.15, 0.2) is 22.3 Å². The number of carbonyl (C=O) groups is 2. The van der Waals surface area contributed by atoms with Gasteiger partial charge in [0.05, 0.1) is 24.2 Å². The number of imide groups is 1. The van der Waals surface area contributed by atoms with Crippen molar-refractivity contribution in [2.75, 3.05) is 13.1 Å². The molecule has 4 aromatic heterocycles. The number of imidazole rings is 2. The summed E-state index contributed by atoms with van der Waals surface area (Å²) in [5.41, 5.74) is 14.6. The van der Waals surface area contributed by atoms with Crippen LogP contribution in [0.5, 0.6) is 35.0 Å². The van der Waals surface area contributed by atoms with Gasteiger partial charge in [-0.25, -0.2) is 20.7 Å². The lowest BCUT2D eigenvalue weighted by Crippen LogP contribution is -2.43. The second-order valence-corrected chi connectivity index (χ2v) is 18.4. The van der Waals surface area contributed by atoms with Crippen LogP contribution in [-0.2, 0) is 40.3 Å². The van der Waals surface area contributed by atoms with E-state index in [-0.39, 0.29) is 103 Å². The number of halogens is 8. The van der Waals surface area contributed by atoms with Crippen LogP contribution in [0, 0.1) is 11.1 Å². The Kier molecular flexibility index (Phi) is 18.4. The fourth-order valence-electron chi connectivity index (χ4n) is 8.54. The number of aryl methyl sites for hydroxylation is 2. The first-order valence-corrected chi connectivity index (χ1v) is 24.6. The molecule has 1 aliphatic heterocycles. The Morgan fingerprint density at radius 2 is 0.904 bits per heavy atom. The maximum absolute atomic E-state index is 13.9. The van der Waals surface area contributed by atoms with E-state index in [4.69, 9.17) is 49.5 Å². The van der Waals surface area contributed by atoms with Crippen LogP contribution in [0.4, 0.5) is 26.3 Å². The lowest BCUT2D eigenvalue weighted by atomic mass is 10.1. The van der Waals surface area contributed by atoms with Crippen LogP contribution in [-0.4, -0.2) is 85.4 Å². The van der Waals surface area contributed by atoms with Gasteiger partial charge < -0.3 is 30.2 Å². The number of hydrogen-bond donors (Lipinski definition) is 3. The Bertz CT molecular complexity index is 4120. The van der Waals surface area contributed by atoms with E-state index in [1.807, 2.05) is 0 Å². The highest BCUT2D eigenvalue weighted by atomic mass is 35.5. The summed E-state index contributed by atoms with van der Waals surface area (Å²) in [6, 6.07) is 29.0. The van der Waals surface area contributed by atoms with E-state index in [1.54, 1.807) is 60.7 Å². The number of rotatable bonds is 15. The van der Waals surface area contributed by atoms with E-state index in [1.165, 1.54) is 64.2 Å². The van der Waals surface area contributed by atoms with Gasteiger partial charge in [-0.3, -0.25) is 51.5 Å². The normalized spacial score (nSPS) is 12.1. The molecular weight excluding hydrogens is 1150 g/mol. The van der Waals surface area contributed by atoms with Crippen molar-refractivity contribution in [1.82, 2.24) is 42.3 Å². The molecule has 0 radical (unpaired) electrons. The highest BCUT2D eigenvalue weighted by Gasteiger charge is 2.36. The summed E-state index contributed by atoms with van der Waals surface area (Å²) in [6.07, 6.45) is -9.82. The predicted octanol–water partition coefficient (Wildman–Crippen LogP) is 7.85. The standard InChI is InChI=1S/C30H21ClF3N5O6.C22H19ClF3N5O4.H2N2.H2O.H2/c1-36-24-23(27(42)38(29(36)43)14-13-37-25(40)21-7-2-3-8-22(21)26(37)41)39(16-17-9-11-18(31)12-10-17)28(35-24)44-19-5-4-6-20(15-19)45-30(32,33)34;1-29-18-17(19(32)30(10-9-27)21(29)33)31(12-13-5-7-14(23)8-6-13)20(28-18)34-15-3-2-4-16(11-15)35-22(24,25)26;1-2;;/h2-12,15H,13-14,16H2,1H3;2-8,11H,9-10,12,27H2,1H3;1-2H;1H2;1H. The van der Waals surface area contributed by atoms with Crippen LogP contribution in [0.1, 0.15) is 33.3 Å². The van der Waals surface area contributed by atoms with Crippen molar-refractivity contribution in [3.63, 3.8) is 0 Å². The molecule has 0 saturated carbocycles. The molecule has 5 heterocycles. The summed E-state index contributed by atoms with van der Waals surface area (Å²) in [6.45, 7) is -0.437.